The summed E-state index contributed by atoms with van der Waals surface area (Å²) in [6, 6.07) is 53.6. The van der Waals surface area contributed by atoms with Crippen LogP contribution in [0.4, 0.5) is 17.1 Å². The Kier molecular flexibility index (Phi) is 7.08. The van der Waals surface area contributed by atoms with Gasteiger partial charge in [0.1, 0.15) is 11.2 Å². The summed E-state index contributed by atoms with van der Waals surface area (Å²) in [5, 5.41) is 4.90. The topological polar surface area (TPSA) is 16.4 Å². The van der Waals surface area contributed by atoms with Crippen LogP contribution in [0.5, 0.6) is 0 Å². The maximum atomic E-state index is 6.77. The van der Waals surface area contributed by atoms with Crippen molar-refractivity contribution in [3.05, 3.63) is 162 Å². The fourth-order valence-electron chi connectivity index (χ4n) is 8.92. The number of hydrogen-bond acceptors (Lipinski definition) is 2. The average molecular weight is 646 g/mol. The van der Waals surface area contributed by atoms with E-state index in [4.69, 9.17) is 4.42 Å². The Balaban J connectivity index is 1.16. The molecule has 10 rings (SSSR count). The van der Waals surface area contributed by atoms with Crippen LogP contribution in [0.3, 0.4) is 0 Å². The van der Waals surface area contributed by atoms with E-state index in [9.17, 15) is 0 Å². The summed E-state index contributed by atoms with van der Waals surface area (Å²) in [4.78, 5) is 2.53. The zero-order valence-corrected chi connectivity index (χ0v) is 28.2. The standard InChI is InChI=1S/C48H39NO/c1-2-11-32(12-3-1)33-23-25-34(26-24-33)35-27-29-38(30-28-35)49(44-21-9-16-36-15-8-19-39(36)44)45-31-43-47-40(37-13-4-5-14-37)20-10-22-46(47)50-48(43)42-18-7-6-17-41(42)45/h1-3,6-7,9-12,16-18,20-31,37H,4-5,8,13-15,19H2. The van der Waals surface area contributed by atoms with Gasteiger partial charge in [-0.1, -0.05) is 128 Å². The van der Waals surface area contributed by atoms with E-state index in [1.165, 1.54) is 110 Å². The second-order valence-corrected chi connectivity index (χ2v) is 14.2. The van der Waals surface area contributed by atoms with Gasteiger partial charge in [0.05, 0.1) is 5.69 Å². The van der Waals surface area contributed by atoms with Crippen LogP contribution >= 0.6 is 0 Å². The molecule has 2 nitrogen and oxygen atoms in total. The van der Waals surface area contributed by atoms with Crippen molar-refractivity contribution in [3.8, 4) is 22.3 Å². The molecule has 0 amide bonds. The maximum Gasteiger partial charge on any atom is 0.143 e. The molecular formula is C48H39NO. The van der Waals surface area contributed by atoms with Crippen molar-refractivity contribution in [2.45, 2.75) is 50.9 Å². The lowest BCUT2D eigenvalue weighted by Gasteiger charge is -2.29. The number of hydrogen-bond donors (Lipinski definition) is 0. The zero-order valence-electron chi connectivity index (χ0n) is 28.2. The molecule has 0 aliphatic heterocycles. The third kappa shape index (κ3) is 4.85. The molecular weight excluding hydrogens is 607 g/mol. The van der Waals surface area contributed by atoms with Gasteiger partial charge in [0.2, 0.25) is 0 Å². The van der Waals surface area contributed by atoms with Gasteiger partial charge in [0.25, 0.3) is 0 Å². The normalized spacial score (nSPS) is 14.6. The highest BCUT2D eigenvalue weighted by atomic mass is 16.3. The van der Waals surface area contributed by atoms with E-state index in [0.717, 1.165) is 24.0 Å². The smallest absolute Gasteiger partial charge is 0.143 e. The second-order valence-electron chi connectivity index (χ2n) is 14.2. The largest absolute Gasteiger partial charge is 0.455 e. The van der Waals surface area contributed by atoms with Crippen LogP contribution in [0.1, 0.15) is 54.7 Å². The van der Waals surface area contributed by atoms with Crippen molar-refractivity contribution >= 4 is 49.8 Å². The molecule has 2 heteroatoms. The van der Waals surface area contributed by atoms with E-state index in [1.807, 2.05) is 0 Å². The molecule has 7 aromatic carbocycles. The summed E-state index contributed by atoms with van der Waals surface area (Å²) >= 11 is 0. The molecule has 2 aliphatic carbocycles. The van der Waals surface area contributed by atoms with Gasteiger partial charge in [-0.15, -0.1) is 0 Å². The van der Waals surface area contributed by atoms with Gasteiger partial charge in [-0.2, -0.15) is 0 Å². The molecule has 50 heavy (non-hydrogen) atoms. The van der Waals surface area contributed by atoms with E-state index in [2.05, 4.69) is 150 Å². The fourth-order valence-corrected chi connectivity index (χ4v) is 8.92. The van der Waals surface area contributed by atoms with E-state index in [-0.39, 0.29) is 0 Å². The van der Waals surface area contributed by atoms with Crippen LogP contribution in [0, 0.1) is 0 Å². The minimum Gasteiger partial charge on any atom is -0.455 e. The average Bonchev–Trinajstić information content (AvgIpc) is 3.97. The molecule has 0 saturated heterocycles. The Morgan fingerprint density at radius 3 is 1.92 bits per heavy atom. The molecule has 0 bridgehead atoms. The molecule has 0 N–H and O–H groups in total. The number of anilines is 3. The van der Waals surface area contributed by atoms with E-state index >= 15 is 0 Å². The van der Waals surface area contributed by atoms with E-state index in [1.54, 1.807) is 0 Å². The summed E-state index contributed by atoms with van der Waals surface area (Å²) in [6.45, 7) is 0. The monoisotopic (exact) mass is 645 g/mol. The highest BCUT2D eigenvalue weighted by Crippen LogP contribution is 2.48. The van der Waals surface area contributed by atoms with Crippen molar-refractivity contribution in [2.24, 2.45) is 0 Å². The first-order chi connectivity index (χ1) is 24.8. The van der Waals surface area contributed by atoms with Crippen LogP contribution in [-0.2, 0) is 12.8 Å². The maximum absolute atomic E-state index is 6.77. The lowest BCUT2D eigenvalue weighted by molar-refractivity contribution is 0.670. The predicted octanol–water partition coefficient (Wildman–Crippen LogP) is 13.7. The first-order valence-corrected chi connectivity index (χ1v) is 18.3. The van der Waals surface area contributed by atoms with Gasteiger partial charge in [0.15, 0.2) is 0 Å². The minimum atomic E-state index is 0.595. The highest BCUT2D eigenvalue weighted by molar-refractivity contribution is 6.20. The number of rotatable bonds is 6. The molecule has 0 atom stereocenters. The Hall–Kier alpha value is -5.60. The minimum absolute atomic E-state index is 0.595. The number of aryl methyl sites for hydroxylation is 1. The van der Waals surface area contributed by atoms with Gasteiger partial charge < -0.3 is 9.32 Å². The quantitative estimate of drug-likeness (QED) is 0.179. The third-order valence-electron chi connectivity index (χ3n) is 11.4. The summed E-state index contributed by atoms with van der Waals surface area (Å²) in [5.41, 5.74) is 15.0. The van der Waals surface area contributed by atoms with Crippen LogP contribution in [0.2, 0.25) is 0 Å². The number of fused-ring (bicyclic) bond motifs is 6. The number of benzene rings is 7. The molecule has 2 aliphatic rings. The summed E-state index contributed by atoms with van der Waals surface area (Å²) in [5.74, 6) is 0.595. The summed E-state index contributed by atoms with van der Waals surface area (Å²) in [7, 11) is 0. The Morgan fingerprint density at radius 1 is 0.500 bits per heavy atom. The third-order valence-corrected chi connectivity index (χ3v) is 11.4. The van der Waals surface area contributed by atoms with Crippen molar-refractivity contribution < 1.29 is 4.42 Å². The van der Waals surface area contributed by atoms with Gasteiger partial charge in [-0.3, -0.25) is 0 Å². The molecule has 1 aromatic heterocycles. The fraction of sp³-hybridized carbons (Fsp3) is 0.167. The van der Waals surface area contributed by atoms with Crippen LogP contribution < -0.4 is 4.90 Å². The first kappa shape index (κ1) is 29.3. The van der Waals surface area contributed by atoms with Crippen molar-refractivity contribution in [2.75, 3.05) is 4.90 Å². The number of furan rings is 1. The van der Waals surface area contributed by atoms with Crippen LogP contribution in [-0.4, -0.2) is 0 Å². The van der Waals surface area contributed by atoms with E-state index in [0.29, 0.717) is 5.92 Å². The van der Waals surface area contributed by atoms with Crippen LogP contribution in [0.25, 0.3) is 55.0 Å². The predicted molar refractivity (Wildman–Crippen MR) is 210 cm³/mol. The van der Waals surface area contributed by atoms with Gasteiger partial charge in [-0.25, -0.2) is 0 Å². The molecule has 0 spiro atoms. The first-order valence-electron chi connectivity index (χ1n) is 18.3. The van der Waals surface area contributed by atoms with E-state index < -0.39 is 0 Å². The molecule has 1 heterocycles. The van der Waals surface area contributed by atoms with Gasteiger partial charge in [-0.05, 0) is 107 Å². The Morgan fingerprint density at radius 2 is 1.16 bits per heavy atom. The molecule has 1 saturated carbocycles. The summed E-state index contributed by atoms with van der Waals surface area (Å²) in [6.07, 6.45) is 8.59. The lowest BCUT2D eigenvalue weighted by atomic mass is 9.92. The van der Waals surface area contributed by atoms with Gasteiger partial charge in [0, 0.05) is 32.9 Å². The highest BCUT2D eigenvalue weighted by Gasteiger charge is 2.26. The van der Waals surface area contributed by atoms with Crippen molar-refractivity contribution in [1.82, 2.24) is 0 Å². The number of nitrogens with zero attached hydrogens (tertiary/aromatic N) is 1. The van der Waals surface area contributed by atoms with Gasteiger partial charge >= 0.3 is 0 Å². The van der Waals surface area contributed by atoms with Crippen molar-refractivity contribution in [1.29, 1.82) is 0 Å². The lowest BCUT2D eigenvalue weighted by Crippen LogP contribution is -2.13. The Bertz CT molecular complexity index is 2500. The molecule has 242 valence electrons. The Labute approximate surface area is 293 Å². The zero-order chi connectivity index (χ0) is 33.0. The molecule has 0 unspecified atom stereocenters. The molecule has 8 aromatic rings. The molecule has 1 fully saturated rings. The van der Waals surface area contributed by atoms with Crippen molar-refractivity contribution in [3.63, 3.8) is 0 Å². The summed E-state index contributed by atoms with van der Waals surface area (Å²) < 4.78 is 6.77. The second kappa shape index (κ2) is 12.1. The molecule has 0 radical (unpaired) electrons. The SMILES string of the molecule is c1ccc(-c2ccc(-c3ccc(N(c4cccc5c4CCC5)c4cc5c(oc6cccc(C7CCCC7)c65)c5ccccc45)cc3)cc2)cc1. The van der Waals surface area contributed by atoms with Crippen LogP contribution in [0.15, 0.2) is 150 Å².